The van der Waals surface area contributed by atoms with Gasteiger partial charge in [0.25, 0.3) is 0 Å². The SMILES string of the molecule is c1ccc2c(c1)c1ccccc1c1cc(-n3c4ccccc4c4cc(-c5ccc6c(c5)c5ccccc5n6-c5ccc6c7ccccc7c7ccccc7c6c5)ccc43)ccc21. The highest BCUT2D eigenvalue weighted by atomic mass is 15.0. The van der Waals surface area contributed by atoms with Gasteiger partial charge in [-0.15, -0.1) is 0 Å². The molecule has 0 spiro atoms. The van der Waals surface area contributed by atoms with Crippen molar-refractivity contribution >= 4 is 108 Å². The molecule has 2 heterocycles. The zero-order chi connectivity index (χ0) is 40.5. The largest absolute Gasteiger partial charge is 0.309 e. The smallest absolute Gasteiger partial charge is 0.0541 e. The molecule has 14 aromatic rings. The second-order valence-corrected chi connectivity index (χ2v) is 16.8. The first-order valence-electron chi connectivity index (χ1n) is 21.5. The Morgan fingerprint density at radius 1 is 0.177 bits per heavy atom. The summed E-state index contributed by atoms with van der Waals surface area (Å²) in [6, 6.07) is 81.1. The summed E-state index contributed by atoms with van der Waals surface area (Å²) in [7, 11) is 0. The van der Waals surface area contributed by atoms with Crippen LogP contribution in [0, 0.1) is 0 Å². The van der Waals surface area contributed by atoms with E-state index in [1.54, 1.807) is 0 Å². The molecule has 62 heavy (non-hydrogen) atoms. The van der Waals surface area contributed by atoms with Gasteiger partial charge >= 0.3 is 0 Å². The number of benzene rings is 12. The molecule has 2 aromatic heterocycles. The number of aromatic nitrogens is 2. The van der Waals surface area contributed by atoms with Crippen LogP contribution >= 0.6 is 0 Å². The molecule has 0 aliphatic carbocycles. The van der Waals surface area contributed by atoms with E-state index in [1.807, 2.05) is 0 Å². The van der Waals surface area contributed by atoms with E-state index in [9.17, 15) is 0 Å². The second-order valence-electron chi connectivity index (χ2n) is 16.8. The van der Waals surface area contributed by atoms with Gasteiger partial charge in [-0.1, -0.05) is 158 Å². The summed E-state index contributed by atoms with van der Waals surface area (Å²) < 4.78 is 4.90. The molecule has 0 aliphatic heterocycles. The molecular formula is C60H36N2. The minimum Gasteiger partial charge on any atom is -0.309 e. The molecule has 0 bridgehead atoms. The van der Waals surface area contributed by atoms with E-state index >= 15 is 0 Å². The molecule has 0 atom stereocenters. The van der Waals surface area contributed by atoms with Crippen LogP contribution in [0.1, 0.15) is 0 Å². The van der Waals surface area contributed by atoms with Gasteiger partial charge in [0.1, 0.15) is 0 Å². The quantitative estimate of drug-likeness (QED) is 0.158. The van der Waals surface area contributed by atoms with Gasteiger partial charge in [0, 0.05) is 32.9 Å². The molecule has 0 unspecified atom stereocenters. The molecule has 0 saturated heterocycles. The van der Waals surface area contributed by atoms with Gasteiger partial charge in [-0.25, -0.2) is 0 Å². The Bertz CT molecular complexity index is 3870. The van der Waals surface area contributed by atoms with Crippen molar-refractivity contribution in [2.45, 2.75) is 0 Å². The van der Waals surface area contributed by atoms with Crippen molar-refractivity contribution in [2.75, 3.05) is 0 Å². The summed E-state index contributed by atoms with van der Waals surface area (Å²) in [5.74, 6) is 0. The summed E-state index contributed by atoms with van der Waals surface area (Å²) in [5, 5.41) is 20.4. The lowest BCUT2D eigenvalue weighted by molar-refractivity contribution is 1.19. The van der Waals surface area contributed by atoms with Crippen LogP contribution in [-0.2, 0) is 0 Å². The molecular weight excluding hydrogens is 749 g/mol. The highest BCUT2D eigenvalue weighted by Crippen LogP contribution is 2.42. The maximum atomic E-state index is 2.45. The number of nitrogens with zero attached hydrogens (tertiary/aromatic N) is 2. The van der Waals surface area contributed by atoms with E-state index in [2.05, 4.69) is 228 Å². The third-order valence-corrected chi connectivity index (χ3v) is 13.7. The fraction of sp³-hybridized carbons (Fsp3) is 0. The fourth-order valence-electron chi connectivity index (χ4n) is 10.9. The number of hydrogen-bond donors (Lipinski definition) is 0. The molecule has 14 rings (SSSR count). The molecule has 0 saturated carbocycles. The minimum atomic E-state index is 1.17. The van der Waals surface area contributed by atoms with Gasteiger partial charge in [0.05, 0.1) is 22.1 Å². The summed E-state index contributed by atoms with van der Waals surface area (Å²) in [4.78, 5) is 0. The summed E-state index contributed by atoms with van der Waals surface area (Å²) in [5.41, 5.74) is 9.57. The number of rotatable bonds is 3. The van der Waals surface area contributed by atoms with Gasteiger partial charge in [0.2, 0.25) is 0 Å². The van der Waals surface area contributed by atoms with Crippen molar-refractivity contribution in [3.63, 3.8) is 0 Å². The van der Waals surface area contributed by atoms with Crippen molar-refractivity contribution in [1.82, 2.24) is 9.13 Å². The Labute approximate surface area is 356 Å². The summed E-state index contributed by atoms with van der Waals surface area (Å²) >= 11 is 0. The van der Waals surface area contributed by atoms with E-state index in [0.29, 0.717) is 0 Å². The Hall–Kier alpha value is -8.20. The summed E-state index contributed by atoms with van der Waals surface area (Å²) in [6.45, 7) is 0. The van der Waals surface area contributed by atoms with Gasteiger partial charge in [0.15, 0.2) is 0 Å². The van der Waals surface area contributed by atoms with Gasteiger partial charge < -0.3 is 9.13 Å². The van der Waals surface area contributed by atoms with E-state index in [0.717, 1.165) is 0 Å². The van der Waals surface area contributed by atoms with Crippen LogP contribution in [0.25, 0.3) is 131 Å². The highest BCUT2D eigenvalue weighted by molar-refractivity contribution is 6.27. The normalized spacial score (nSPS) is 12.2. The van der Waals surface area contributed by atoms with Crippen molar-refractivity contribution in [3.05, 3.63) is 218 Å². The van der Waals surface area contributed by atoms with Gasteiger partial charge in [-0.2, -0.15) is 0 Å². The predicted octanol–water partition coefficient (Wildman–Crippen LogP) is 16.5. The predicted molar refractivity (Wildman–Crippen MR) is 266 cm³/mol. The van der Waals surface area contributed by atoms with Gasteiger partial charge in [-0.3, -0.25) is 0 Å². The topological polar surface area (TPSA) is 9.86 Å². The van der Waals surface area contributed by atoms with E-state index in [4.69, 9.17) is 0 Å². The van der Waals surface area contributed by atoms with Crippen LogP contribution in [-0.4, -0.2) is 9.13 Å². The van der Waals surface area contributed by atoms with E-state index in [-0.39, 0.29) is 0 Å². The molecule has 2 nitrogen and oxygen atoms in total. The highest BCUT2D eigenvalue weighted by Gasteiger charge is 2.18. The first-order chi connectivity index (χ1) is 30.8. The molecule has 0 radical (unpaired) electrons. The Morgan fingerprint density at radius 2 is 0.452 bits per heavy atom. The Kier molecular flexibility index (Phi) is 6.86. The molecule has 0 N–H and O–H groups in total. The maximum Gasteiger partial charge on any atom is 0.0541 e. The maximum absolute atomic E-state index is 2.45. The van der Waals surface area contributed by atoms with Gasteiger partial charge in [-0.05, 0) is 136 Å². The Morgan fingerprint density at radius 3 is 0.806 bits per heavy atom. The second kappa shape index (κ2) is 12.7. The van der Waals surface area contributed by atoms with Crippen molar-refractivity contribution in [3.8, 4) is 22.5 Å². The molecule has 12 aromatic carbocycles. The average molecular weight is 785 g/mol. The van der Waals surface area contributed by atoms with Crippen LogP contribution in [0.4, 0.5) is 0 Å². The minimum absolute atomic E-state index is 1.17. The first-order valence-corrected chi connectivity index (χ1v) is 21.5. The van der Waals surface area contributed by atoms with Crippen LogP contribution in [0.15, 0.2) is 218 Å². The monoisotopic (exact) mass is 784 g/mol. The molecule has 0 fully saturated rings. The standard InChI is InChI=1S/C60H36N2/c1-3-17-45-41(13-1)43-15-5-7-19-47(43)53-35-39(27-29-49(45)53)61-57-23-11-9-21-51(57)55-33-37(25-31-59(55)61)38-26-32-60-56(34-38)52-22-10-12-24-58(52)62(60)40-28-30-50-46-18-4-2-14-42(46)44-16-6-8-20-48(44)54(50)36-40/h1-36H. The van der Waals surface area contributed by atoms with Crippen molar-refractivity contribution in [1.29, 1.82) is 0 Å². The average Bonchev–Trinajstić information content (AvgIpc) is 3.86. The lowest BCUT2D eigenvalue weighted by atomic mass is 9.94. The number of para-hydroxylation sites is 2. The number of hydrogen-bond acceptors (Lipinski definition) is 0. The fourth-order valence-corrected chi connectivity index (χ4v) is 10.9. The lowest BCUT2D eigenvalue weighted by Gasteiger charge is -2.14. The van der Waals surface area contributed by atoms with Crippen molar-refractivity contribution < 1.29 is 0 Å². The molecule has 2 heteroatoms. The zero-order valence-corrected chi connectivity index (χ0v) is 33.7. The molecule has 286 valence electrons. The molecule has 0 aliphatic rings. The first kappa shape index (κ1) is 33.6. The molecule has 0 amide bonds. The van der Waals surface area contributed by atoms with E-state index < -0.39 is 0 Å². The van der Waals surface area contributed by atoms with Crippen LogP contribution < -0.4 is 0 Å². The number of fused-ring (bicyclic) bond motifs is 18. The zero-order valence-electron chi connectivity index (χ0n) is 33.7. The Balaban J connectivity index is 0.942. The summed E-state index contributed by atoms with van der Waals surface area (Å²) in [6.07, 6.45) is 0. The third kappa shape index (κ3) is 4.64. The van der Waals surface area contributed by atoms with Crippen molar-refractivity contribution in [2.24, 2.45) is 0 Å². The lowest BCUT2D eigenvalue weighted by Crippen LogP contribution is -1.95. The third-order valence-electron chi connectivity index (χ3n) is 13.7. The van der Waals surface area contributed by atoms with Crippen LogP contribution in [0.3, 0.4) is 0 Å². The van der Waals surface area contributed by atoms with E-state index in [1.165, 1.54) is 131 Å². The van der Waals surface area contributed by atoms with Crippen LogP contribution in [0.5, 0.6) is 0 Å². The van der Waals surface area contributed by atoms with Crippen LogP contribution in [0.2, 0.25) is 0 Å².